The quantitative estimate of drug-likeness (QED) is 0.797. The Hall–Kier alpha value is -1.33. The van der Waals surface area contributed by atoms with Gasteiger partial charge in [0.05, 0.1) is 10.5 Å². The highest BCUT2D eigenvalue weighted by Crippen LogP contribution is 2.30. The van der Waals surface area contributed by atoms with Crippen LogP contribution in [0.5, 0.6) is 0 Å². The molecule has 0 aliphatic carbocycles. The third kappa shape index (κ3) is 3.66. The summed E-state index contributed by atoms with van der Waals surface area (Å²) in [6.45, 7) is 2.51. The van der Waals surface area contributed by atoms with Crippen molar-refractivity contribution in [2.75, 3.05) is 6.54 Å². The molecule has 0 fully saturated rings. The van der Waals surface area contributed by atoms with Gasteiger partial charge in [-0.05, 0) is 53.2 Å². The number of rotatable bonds is 5. The van der Waals surface area contributed by atoms with E-state index in [0.717, 1.165) is 24.6 Å². The van der Waals surface area contributed by atoms with E-state index in [1.165, 1.54) is 0 Å². The minimum atomic E-state index is -0.738. The van der Waals surface area contributed by atoms with Gasteiger partial charge in [0.15, 0.2) is 0 Å². The Morgan fingerprint density at radius 3 is 2.57 bits per heavy atom. The Morgan fingerprint density at radius 1 is 1.10 bits per heavy atom. The van der Waals surface area contributed by atoms with Crippen LogP contribution in [-0.4, -0.2) is 6.54 Å². The van der Waals surface area contributed by atoms with Gasteiger partial charge in [0, 0.05) is 11.1 Å². The van der Waals surface area contributed by atoms with Gasteiger partial charge in [-0.25, -0.2) is 13.2 Å². The van der Waals surface area contributed by atoms with Crippen molar-refractivity contribution >= 4 is 15.9 Å². The Morgan fingerprint density at radius 2 is 1.86 bits per heavy atom. The standard InChI is InChI=1S/C16H15BrF3N/c1-2-8-21-16(11-4-3-5-13(17)15(11)20)12-9-10(18)6-7-14(12)19/h3-7,9,16,21H,2,8H2,1H3. The summed E-state index contributed by atoms with van der Waals surface area (Å²) in [5.41, 5.74) is 0.378. The van der Waals surface area contributed by atoms with Crippen molar-refractivity contribution in [1.82, 2.24) is 5.32 Å². The summed E-state index contributed by atoms with van der Waals surface area (Å²) in [5, 5.41) is 3.07. The smallest absolute Gasteiger partial charge is 0.142 e. The highest BCUT2D eigenvalue weighted by molar-refractivity contribution is 9.10. The molecule has 0 heterocycles. The molecule has 0 aliphatic rings. The molecule has 2 aromatic carbocycles. The monoisotopic (exact) mass is 357 g/mol. The lowest BCUT2D eigenvalue weighted by atomic mass is 9.97. The molecule has 0 aliphatic heterocycles. The zero-order valence-electron chi connectivity index (χ0n) is 11.5. The molecule has 2 rings (SSSR count). The molecular weight excluding hydrogens is 343 g/mol. The molecule has 2 aromatic rings. The van der Waals surface area contributed by atoms with Crippen molar-refractivity contribution in [3.05, 3.63) is 69.4 Å². The Labute approximate surface area is 130 Å². The number of hydrogen-bond acceptors (Lipinski definition) is 1. The van der Waals surface area contributed by atoms with Crippen molar-refractivity contribution in [1.29, 1.82) is 0 Å². The van der Waals surface area contributed by atoms with Gasteiger partial charge in [0.1, 0.15) is 17.5 Å². The molecule has 21 heavy (non-hydrogen) atoms. The van der Waals surface area contributed by atoms with E-state index < -0.39 is 23.5 Å². The first-order valence-electron chi connectivity index (χ1n) is 6.66. The maximum atomic E-state index is 14.3. The summed E-state index contributed by atoms with van der Waals surface area (Å²) in [6.07, 6.45) is 0.795. The molecule has 112 valence electrons. The fourth-order valence-corrected chi connectivity index (χ4v) is 2.54. The van der Waals surface area contributed by atoms with Crippen molar-refractivity contribution in [3.63, 3.8) is 0 Å². The van der Waals surface area contributed by atoms with Gasteiger partial charge in [0.2, 0.25) is 0 Å². The molecule has 5 heteroatoms. The minimum absolute atomic E-state index is 0.0976. The molecule has 0 amide bonds. The lowest BCUT2D eigenvalue weighted by Crippen LogP contribution is -2.25. The van der Waals surface area contributed by atoms with Crippen molar-refractivity contribution < 1.29 is 13.2 Å². The summed E-state index contributed by atoms with van der Waals surface area (Å²) in [5.74, 6) is -1.59. The van der Waals surface area contributed by atoms with Gasteiger partial charge in [-0.1, -0.05) is 19.1 Å². The van der Waals surface area contributed by atoms with Crippen LogP contribution in [0.1, 0.15) is 30.5 Å². The van der Waals surface area contributed by atoms with Crippen LogP contribution < -0.4 is 5.32 Å². The Balaban J connectivity index is 2.52. The largest absolute Gasteiger partial charge is 0.306 e. The van der Waals surface area contributed by atoms with Gasteiger partial charge >= 0.3 is 0 Å². The third-order valence-electron chi connectivity index (χ3n) is 3.16. The minimum Gasteiger partial charge on any atom is -0.306 e. The second-order valence-electron chi connectivity index (χ2n) is 4.70. The first-order valence-corrected chi connectivity index (χ1v) is 7.46. The van der Waals surface area contributed by atoms with E-state index in [9.17, 15) is 13.2 Å². The summed E-state index contributed by atoms with van der Waals surface area (Å²) < 4.78 is 42.0. The van der Waals surface area contributed by atoms with Crippen molar-refractivity contribution in [2.45, 2.75) is 19.4 Å². The summed E-state index contributed by atoms with van der Waals surface area (Å²) >= 11 is 3.12. The number of nitrogens with one attached hydrogen (secondary N) is 1. The third-order valence-corrected chi connectivity index (χ3v) is 3.77. The molecule has 1 nitrogen and oxygen atoms in total. The average Bonchev–Trinajstić information content (AvgIpc) is 2.47. The van der Waals surface area contributed by atoms with Crippen LogP contribution in [-0.2, 0) is 0 Å². The van der Waals surface area contributed by atoms with Crippen LogP contribution in [0.3, 0.4) is 0 Å². The van der Waals surface area contributed by atoms with Crippen LogP contribution in [0.2, 0.25) is 0 Å². The second kappa shape index (κ2) is 7.09. The zero-order valence-corrected chi connectivity index (χ0v) is 13.1. The maximum absolute atomic E-state index is 14.3. The van der Waals surface area contributed by atoms with Crippen LogP contribution in [0.25, 0.3) is 0 Å². The van der Waals surface area contributed by atoms with Crippen LogP contribution >= 0.6 is 15.9 Å². The van der Waals surface area contributed by atoms with Crippen LogP contribution in [0.4, 0.5) is 13.2 Å². The van der Waals surface area contributed by atoms with Gasteiger partial charge in [-0.15, -0.1) is 0 Å². The highest BCUT2D eigenvalue weighted by atomic mass is 79.9. The molecule has 0 spiro atoms. The fraction of sp³-hybridized carbons (Fsp3) is 0.250. The molecule has 0 bridgehead atoms. The van der Waals surface area contributed by atoms with E-state index >= 15 is 0 Å². The Kier molecular flexibility index (Phi) is 5.42. The number of halogens is 4. The normalized spacial score (nSPS) is 12.4. The van der Waals surface area contributed by atoms with E-state index in [-0.39, 0.29) is 11.1 Å². The predicted octanol–water partition coefficient (Wildman–Crippen LogP) is 4.96. The van der Waals surface area contributed by atoms with Crippen LogP contribution in [0, 0.1) is 17.5 Å². The summed E-state index contributed by atoms with van der Waals surface area (Å²) in [4.78, 5) is 0. The van der Waals surface area contributed by atoms with Gasteiger partial charge < -0.3 is 5.32 Å². The summed E-state index contributed by atoms with van der Waals surface area (Å²) in [7, 11) is 0. The molecular formula is C16H15BrF3N. The molecule has 1 atom stereocenters. The second-order valence-corrected chi connectivity index (χ2v) is 5.55. The van der Waals surface area contributed by atoms with E-state index in [1.54, 1.807) is 18.2 Å². The van der Waals surface area contributed by atoms with Gasteiger partial charge in [-0.2, -0.15) is 0 Å². The van der Waals surface area contributed by atoms with E-state index in [4.69, 9.17) is 0 Å². The highest BCUT2D eigenvalue weighted by Gasteiger charge is 2.22. The molecule has 1 unspecified atom stereocenters. The summed E-state index contributed by atoms with van der Waals surface area (Å²) in [6, 6.07) is 7.27. The van der Waals surface area contributed by atoms with Crippen LogP contribution in [0.15, 0.2) is 40.9 Å². The molecule has 1 N–H and O–H groups in total. The maximum Gasteiger partial charge on any atom is 0.142 e. The number of benzene rings is 2. The molecule has 0 saturated carbocycles. The topological polar surface area (TPSA) is 12.0 Å². The van der Waals surface area contributed by atoms with Gasteiger partial charge in [-0.3, -0.25) is 0 Å². The van der Waals surface area contributed by atoms with E-state index in [2.05, 4.69) is 21.2 Å². The van der Waals surface area contributed by atoms with E-state index in [1.807, 2.05) is 6.92 Å². The van der Waals surface area contributed by atoms with E-state index in [0.29, 0.717) is 11.0 Å². The Bertz CT molecular complexity index is 629. The molecule has 0 radical (unpaired) electrons. The van der Waals surface area contributed by atoms with Crippen molar-refractivity contribution in [2.24, 2.45) is 0 Å². The predicted molar refractivity (Wildman–Crippen MR) is 80.6 cm³/mol. The average molecular weight is 358 g/mol. The lowest BCUT2D eigenvalue weighted by molar-refractivity contribution is 0.512. The zero-order chi connectivity index (χ0) is 15.4. The lowest BCUT2D eigenvalue weighted by Gasteiger charge is -2.21. The first-order chi connectivity index (χ1) is 10.0. The molecule has 0 aromatic heterocycles. The van der Waals surface area contributed by atoms with Crippen molar-refractivity contribution in [3.8, 4) is 0 Å². The fourth-order valence-electron chi connectivity index (χ4n) is 2.16. The SMILES string of the molecule is CCCNC(c1cc(F)ccc1F)c1cccc(Br)c1F. The van der Waals surface area contributed by atoms with Gasteiger partial charge in [0.25, 0.3) is 0 Å². The number of hydrogen-bond donors (Lipinski definition) is 1. The molecule has 0 saturated heterocycles. The first kappa shape index (κ1) is 16.0.